The summed E-state index contributed by atoms with van der Waals surface area (Å²) in [6, 6.07) is 12.8. The maximum Gasteiger partial charge on any atom is 0.115 e. The molecule has 2 aromatic rings. The van der Waals surface area contributed by atoms with Crippen molar-refractivity contribution in [2.24, 2.45) is 0 Å². The summed E-state index contributed by atoms with van der Waals surface area (Å²) < 4.78 is -0.227. The van der Waals surface area contributed by atoms with Crippen molar-refractivity contribution in [1.29, 1.82) is 0 Å². The van der Waals surface area contributed by atoms with Gasteiger partial charge in [0.2, 0.25) is 0 Å². The average Bonchev–Trinajstić information content (AvgIpc) is 2.58. The first-order chi connectivity index (χ1) is 9.33. The predicted molar refractivity (Wildman–Crippen MR) is 83.6 cm³/mol. The lowest BCUT2D eigenvalue weighted by Gasteiger charge is -2.28. The van der Waals surface area contributed by atoms with Gasteiger partial charge in [-0.15, -0.1) is 0 Å². The molecule has 104 valence electrons. The van der Waals surface area contributed by atoms with Crippen LogP contribution in [0.5, 0.6) is 11.5 Å². The van der Waals surface area contributed by atoms with Crippen LogP contribution >= 0.6 is 12.6 Å². The molecule has 1 aliphatic carbocycles. The lowest BCUT2D eigenvalue weighted by Crippen LogP contribution is -2.22. The van der Waals surface area contributed by atoms with Crippen molar-refractivity contribution in [1.82, 2.24) is 0 Å². The summed E-state index contributed by atoms with van der Waals surface area (Å²) in [5.74, 6) is 0.542. The molecule has 2 atom stereocenters. The average molecular weight is 286 g/mol. The van der Waals surface area contributed by atoms with Gasteiger partial charge in [0.05, 0.1) is 0 Å². The zero-order valence-corrected chi connectivity index (χ0v) is 12.5. The Morgan fingerprint density at radius 2 is 1.50 bits per heavy atom. The van der Waals surface area contributed by atoms with E-state index in [0.29, 0.717) is 0 Å². The molecule has 0 spiro atoms. The Morgan fingerprint density at radius 1 is 0.900 bits per heavy atom. The maximum absolute atomic E-state index is 9.82. The van der Waals surface area contributed by atoms with E-state index in [0.717, 1.165) is 23.1 Å². The Balaban J connectivity index is 2.21. The molecule has 0 saturated carbocycles. The number of thiol groups is 1. The van der Waals surface area contributed by atoms with E-state index in [1.54, 1.807) is 18.2 Å². The Labute approximate surface area is 124 Å². The van der Waals surface area contributed by atoms with Crippen LogP contribution in [0, 0.1) is 0 Å². The van der Waals surface area contributed by atoms with E-state index in [9.17, 15) is 10.2 Å². The molecule has 2 unspecified atom stereocenters. The molecule has 20 heavy (non-hydrogen) atoms. The highest BCUT2D eigenvalue weighted by molar-refractivity contribution is 7.81. The van der Waals surface area contributed by atoms with E-state index in [-0.39, 0.29) is 21.7 Å². The number of phenols is 2. The van der Waals surface area contributed by atoms with Gasteiger partial charge in [-0.1, -0.05) is 25.1 Å². The van der Waals surface area contributed by atoms with Crippen molar-refractivity contribution in [3.63, 3.8) is 0 Å². The third kappa shape index (κ3) is 1.88. The fourth-order valence-electron chi connectivity index (χ4n) is 3.42. The molecule has 0 aliphatic heterocycles. The van der Waals surface area contributed by atoms with Crippen LogP contribution in [0.2, 0.25) is 0 Å². The van der Waals surface area contributed by atoms with Crippen molar-refractivity contribution >= 4 is 12.6 Å². The number of hydrogen-bond acceptors (Lipinski definition) is 3. The minimum absolute atomic E-state index is 0.210. The smallest absolute Gasteiger partial charge is 0.115 e. The van der Waals surface area contributed by atoms with Crippen LogP contribution in [-0.4, -0.2) is 10.2 Å². The van der Waals surface area contributed by atoms with E-state index in [1.807, 2.05) is 24.3 Å². The SMILES string of the molecule is CC1(S)CC(C)(c2ccc(O)cc2)c2cc(O)ccc21. The normalized spacial score (nSPS) is 28.4. The predicted octanol–water partition coefficient (Wildman–Crippen LogP) is 3.95. The molecule has 0 heterocycles. The minimum Gasteiger partial charge on any atom is -0.508 e. The Morgan fingerprint density at radius 3 is 2.15 bits per heavy atom. The highest BCUT2D eigenvalue weighted by Gasteiger charge is 2.46. The molecule has 1 aliphatic rings. The van der Waals surface area contributed by atoms with Gasteiger partial charge in [-0.25, -0.2) is 0 Å². The van der Waals surface area contributed by atoms with Crippen LogP contribution in [-0.2, 0) is 10.2 Å². The number of hydrogen-bond donors (Lipinski definition) is 3. The van der Waals surface area contributed by atoms with Gasteiger partial charge in [0.1, 0.15) is 11.5 Å². The zero-order valence-electron chi connectivity index (χ0n) is 11.6. The van der Waals surface area contributed by atoms with Gasteiger partial charge >= 0.3 is 0 Å². The van der Waals surface area contributed by atoms with E-state index in [2.05, 4.69) is 13.8 Å². The van der Waals surface area contributed by atoms with Crippen molar-refractivity contribution in [3.05, 3.63) is 59.2 Å². The second-order valence-electron chi connectivity index (χ2n) is 6.06. The molecule has 0 saturated heterocycles. The summed E-state index contributed by atoms with van der Waals surface area (Å²) in [6.07, 6.45) is 0.854. The summed E-state index contributed by atoms with van der Waals surface area (Å²) >= 11 is 4.82. The zero-order chi connectivity index (χ0) is 14.5. The lowest BCUT2D eigenvalue weighted by atomic mass is 9.77. The molecule has 0 amide bonds. The van der Waals surface area contributed by atoms with Gasteiger partial charge in [-0.3, -0.25) is 0 Å². The molecule has 3 heteroatoms. The highest BCUT2D eigenvalue weighted by Crippen LogP contribution is 2.55. The first-order valence-corrected chi connectivity index (χ1v) is 7.13. The standard InChI is InChI=1S/C17H18O2S/c1-16(11-3-5-12(18)6-4-11)10-17(2,20)14-8-7-13(19)9-15(14)16/h3-9,18-20H,10H2,1-2H3. The van der Waals surface area contributed by atoms with Crippen LogP contribution in [0.3, 0.4) is 0 Å². The monoisotopic (exact) mass is 286 g/mol. The summed E-state index contributed by atoms with van der Waals surface area (Å²) in [5.41, 5.74) is 3.19. The number of fused-ring (bicyclic) bond motifs is 1. The fourth-order valence-corrected chi connectivity index (χ4v) is 3.94. The number of aromatic hydroxyl groups is 2. The van der Waals surface area contributed by atoms with E-state index >= 15 is 0 Å². The minimum atomic E-state index is -0.227. The van der Waals surface area contributed by atoms with E-state index < -0.39 is 0 Å². The van der Waals surface area contributed by atoms with Gasteiger partial charge in [-0.2, -0.15) is 12.6 Å². The third-order valence-corrected chi connectivity index (χ3v) is 4.78. The first-order valence-electron chi connectivity index (χ1n) is 6.69. The molecule has 0 radical (unpaired) electrons. The molecule has 2 aromatic carbocycles. The molecule has 3 rings (SSSR count). The van der Waals surface area contributed by atoms with Gasteiger partial charge in [0.15, 0.2) is 0 Å². The first kappa shape index (κ1) is 13.4. The van der Waals surface area contributed by atoms with Gasteiger partial charge in [0, 0.05) is 10.2 Å². The summed E-state index contributed by atoms with van der Waals surface area (Å²) in [4.78, 5) is 0. The largest absolute Gasteiger partial charge is 0.508 e. The fraction of sp³-hybridized carbons (Fsp3) is 0.294. The second-order valence-corrected chi connectivity index (χ2v) is 7.05. The number of benzene rings is 2. The van der Waals surface area contributed by atoms with E-state index in [4.69, 9.17) is 12.6 Å². The Hall–Kier alpha value is -1.61. The van der Waals surface area contributed by atoms with E-state index in [1.165, 1.54) is 0 Å². The maximum atomic E-state index is 9.82. The lowest BCUT2D eigenvalue weighted by molar-refractivity contribution is 0.467. The van der Waals surface area contributed by atoms with Crippen molar-refractivity contribution in [2.45, 2.75) is 30.4 Å². The molecule has 2 nitrogen and oxygen atoms in total. The summed E-state index contributed by atoms with van der Waals surface area (Å²) in [6.45, 7) is 4.27. The Kier molecular flexibility index (Phi) is 2.80. The number of rotatable bonds is 1. The Bertz CT molecular complexity index is 661. The molecular weight excluding hydrogens is 268 g/mol. The molecule has 0 bridgehead atoms. The van der Waals surface area contributed by atoms with Crippen LogP contribution < -0.4 is 0 Å². The summed E-state index contributed by atoms with van der Waals surface area (Å²) in [7, 11) is 0. The number of phenolic OH excluding ortho intramolecular Hbond substituents is 2. The van der Waals surface area contributed by atoms with Gasteiger partial charge in [-0.05, 0) is 54.3 Å². The van der Waals surface area contributed by atoms with Gasteiger partial charge in [0.25, 0.3) is 0 Å². The third-order valence-electron chi connectivity index (χ3n) is 4.38. The second kappa shape index (κ2) is 4.19. The van der Waals surface area contributed by atoms with Crippen LogP contribution in [0.25, 0.3) is 0 Å². The van der Waals surface area contributed by atoms with Crippen LogP contribution in [0.15, 0.2) is 42.5 Å². The van der Waals surface area contributed by atoms with Crippen molar-refractivity contribution in [2.75, 3.05) is 0 Å². The topological polar surface area (TPSA) is 40.5 Å². The molecular formula is C17H18O2S. The van der Waals surface area contributed by atoms with Crippen molar-refractivity contribution < 1.29 is 10.2 Å². The quantitative estimate of drug-likeness (QED) is 0.695. The molecule has 2 N–H and O–H groups in total. The summed E-state index contributed by atoms with van der Waals surface area (Å²) in [5, 5.41) is 19.3. The van der Waals surface area contributed by atoms with Gasteiger partial charge < -0.3 is 10.2 Å². The molecule has 0 aromatic heterocycles. The van der Waals surface area contributed by atoms with Crippen LogP contribution in [0.1, 0.15) is 37.0 Å². The van der Waals surface area contributed by atoms with Crippen LogP contribution in [0.4, 0.5) is 0 Å². The highest BCUT2D eigenvalue weighted by atomic mass is 32.1. The molecule has 0 fully saturated rings. The van der Waals surface area contributed by atoms with Crippen molar-refractivity contribution in [3.8, 4) is 11.5 Å².